The molecule has 1 heterocycles. The highest BCUT2D eigenvalue weighted by molar-refractivity contribution is 5.39. The first-order chi connectivity index (χ1) is 9.72. The van der Waals surface area contributed by atoms with E-state index in [9.17, 15) is 4.39 Å². The highest BCUT2D eigenvalue weighted by Gasteiger charge is 2.05. The van der Waals surface area contributed by atoms with Gasteiger partial charge < -0.3 is 14.2 Å². The number of ether oxygens (including phenoxy) is 3. The Bertz CT molecular complexity index is 872. The molecule has 0 atom stereocenters. The lowest BCUT2D eigenvalue weighted by molar-refractivity contribution is 0.410. The number of fused-ring (bicyclic) bond motifs is 2. The Labute approximate surface area is 114 Å². The summed E-state index contributed by atoms with van der Waals surface area (Å²) in [4.78, 5) is 0. The minimum atomic E-state index is -0.346. The number of methoxy groups -OCH3 is 2. The van der Waals surface area contributed by atoms with Gasteiger partial charge in [-0.3, -0.25) is 0 Å². The van der Waals surface area contributed by atoms with Gasteiger partial charge in [-0.15, -0.1) is 0 Å². The molecule has 3 rings (SSSR count). The summed E-state index contributed by atoms with van der Waals surface area (Å²) in [6, 6.07) is 8.53. The lowest BCUT2D eigenvalue weighted by atomic mass is 10.1. The monoisotopic (exact) mass is 272 g/mol. The first-order valence-corrected chi connectivity index (χ1v) is 6.11. The van der Waals surface area contributed by atoms with Crippen molar-refractivity contribution >= 4 is 12.5 Å². The van der Waals surface area contributed by atoms with Crippen molar-refractivity contribution in [3.63, 3.8) is 0 Å². The Morgan fingerprint density at radius 1 is 0.900 bits per heavy atom. The van der Waals surface area contributed by atoms with Crippen LogP contribution in [0.4, 0.5) is 4.39 Å². The Morgan fingerprint density at radius 2 is 1.60 bits per heavy atom. The van der Waals surface area contributed by atoms with E-state index >= 15 is 0 Å². The molecule has 0 amide bonds. The number of hydrogen-bond acceptors (Lipinski definition) is 3. The van der Waals surface area contributed by atoms with Crippen molar-refractivity contribution in [2.75, 3.05) is 14.2 Å². The maximum atomic E-state index is 14.4. The van der Waals surface area contributed by atoms with Crippen molar-refractivity contribution < 1.29 is 18.6 Å². The molecule has 0 aromatic heterocycles. The molecule has 1 aliphatic heterocycles. The van der Waals surface area contributed by atoms with Crippen molar-refractivity contribution in [3.8, 4) is 11.5 Å². The van der Waals surface area contributed by atoms with Crippen LogP contribution in [0.15, 0.2) is 30.3 Å². The van der Waals surface area contributed by atoms with Gasteiger partial charge in [-0.25, -0.2) is 4.39 Å². The van der Waals surface area contributed by atoms with E-state index in [-0.39, 0.29) is 5.82 Å². The van der Waals surface area contributed by atoms with E-state index in [1.165, 1.54) is 19.4 Å². The Hall–Kier alpha value is -2.49. The summed E-state index contributed by atoms with van der Waals surface area (Å²) >= 11 is 0. The van der Waals surface area contributed by atoms with Crippen molar-refractivity contribution in [2.24, 2.45) is 0 Å². The van der Waals surface area contributed by atoms with Crippen LogP contribution in [0, 0.1) is 16.3 Å². The van der Waals surface area contributed by atoms with Gasteiger partial charge in [-0.2, -0.15) is 0 Å². The topological polar surface area (TPSA) is 27.7 Å². The highest BCUT2D eigenvalue weighted by Crippen LogP contribution is 2.12. The predicted molar refractivity (Wildman–Crippen MR) is 72.9 cm³/mol. The summed E-state index contributed by atoms with van der Waals surface area (Å²) in [5.74, 6) is 0.806. The zero-order valence-electron chi connectivity index (χ0n) is 11.1. The number of hydrogen-bond donors (Lipinski definition) is 0. The van der Waals surface area contributed by atoms with E-state index in [1.807, 2.05) is 12.1 Å². The molecule has 3 nitrogen and oxygen atoms in total. The molecule has 102 valence electrons. The van der Waals surface area contributed by atoms with Crippen LogP contribution in [0.2, 0.25) is 0 Å². The van der Waals surface area contributed by atoms with Gasteiger partial charge in [0.15, 0.2) is 0 Å². The third kappa shape index (κ3) is 1.99. The summed E-state index contributed by atoms with van der Waals surface area (Å²) < 4.78 is 30.0. The van der Waals surface area contributed by atoms with Crippen LogP contribution in [0.3, 0.4) is 0 Å². The van der Waals surface area contributed by atoms with E-state index in [4.69, 9.17) is 14.2 Å². The second kappa shape index (κ2) is 4.89. The zero-order valence-corrected chi connectivity index (χ0v) is 11.1. The maximum Gasteiger partial charge on any atom is 0.135 e. The lowest BCUT2D eigenvalue weighted by Crippen LogP contribution is -2.10. The average Bonchev–Trinajstić information content (AvgIpc) is 2.65. The molecular weight excluding hydrogens is 259 g/mol. The van der Waals surface area contributed by atoms with E-state index in [1.54, 1.807) is 25.5 Å². The van der Waals surface area contributed by atoms with E-state index < -0.39 is 0 Å². The van der Waals surface area contributed by atoms with Crippen LogP contribution in [0.1, 0.15) is 0 Å². The molecule has 0 spiro atoms. The Balaban J connectivity index is 2.52. The van der Waals surface area contributed by atoms with Crippen molar-refractivity contribution in [3.05, 3.63) is 57.0 Å². The standard InChI is InChI=1S/C16H13FO3/c1-18-12-3-4-14-10(5-12)8-20-9-11-6-13(19-2)7-15(17)16(11)14/h3-9H,1-2H3. The van der Waals surface area contributed by atoms with Crippen LogP contribution in [-0.2, 0) is 4.74 Å². The van der Waals surface area contributed by atoms with Crippen molar-refractivity contribution in [2.45, 2.75) is 0 Å². The molecule has 0 radical (unpaired) electrons. The summed E-state index contributed by atoms with van der Waals surface area (Å²) in [6.07, 6.45) is 3.08. The molecule has 1 aliphatic rings. The molecule has 2 aromatic carbocycles. The van der Waals surface area contributed by atoms with Gasteiger partial charge >= 0.3 is 0 Å². The Morgan fingerprint density at radius 3 is 2.35 bits per heavy atom. The zero-order chi connectivity index (χ0) is 14.1. The van der Waals surface area contributed by atoms with Gasteiger partial charge in [0.25, 0.3) is 0 Å². The van der Waals surface area contributed by atoms with Crippen LogP contribution < -0.4 is 19.9 Å². The van der Waals surface area contributed by atoms with Crippen molar-refractivity contribution in [1.82, 2.24) is 0 Å². The maximum absolute atomic E-state index is 14.4. The van der Waals surface area contributed by atoms with Gasteiger partial charge in [0, 0.05) is 21.7 Å². The van der Waals surface area contributed by atoms with Crippen LogP contribution in [-0.4, -0.2) is 14.2 Å². The third-order valence-electron chi connectivity index (χ3n) is 3.25. The summed E-state index contributed by atoms with van der Waals surface area (Å²) in [5.41, 5.74) is 0. The fourth-order valence-corrected chi connectivity index (χ4v) is 2.27. The normalized spacial score (nSPS) is 11.9. The molecule has 20 heavy (non-hydrogen) atoms. The fourth-order valence-electron chi connectivity index (χ4n) is 2.27. The summed E-state index contributed by atoms with van der Waals surface area (Å²) in [6.45, 7) is 0. The van der Waals surface area contributed by atoms with Crippen LogP contribution >= 0.6 is 0 Å². The largest absolute Gasteiger partial charge is 0.497 e. The second-order valence-electron chi connectivity index (χ2n) is 4.40. The second-order valence-corrected chi connectivity index (χ2v) is 4.40. The average molecular weight is 272 g/mol. The number of rotatable bonds is 2. The molecule has 0 aliphatic carbocycles. The molecule has 0 saturated carbocycles. The fraction of sp³-hybridized carbons (Fsp3) is 0.125. The molecule has 4 heteroatoms. The molecule has 0 unspecified atom stereocenters. The van der Waals surface area contributed by atoms with Crippen molar-refractivity contribution in [1.29, 1.82) is 0 Å². The number of halogens is 1. The first kappa shape index (κ1) is 12.5. The third-order valence-corrected chi connectivity index (χ3v) is 3.25. The summed E-state index contributed by atoms with van der Waals surface area (Å²) in [7, 11) is 3.09. The number of benzene rings is 2. The summed E-state index contributed by atoms with van der Waals surface area (Å²) in [5, 5.41) is 2.66. The van der Waals surface area contributed by atoms with E-state index in [0.29, 0.717) is 21.9 Å². The lowest BCUT2D eigenvalue weighted by Gasteiger charge is -2.01. The van der Waals surface area contributed by atoms with Crippen LogP contribution in [0.5, 0.6) is 11.5 Å². The SMILES string of the molecule is COc1ccc2c(c1)=COC=c1cc(OC)cc(F)c1=2. The van der Waals surface area contributed by atoms with Gasteiger partial charge in [0.2, 0.25) is 0 Å². The van der Waals surface area contributed by atoms with Crippen LogP contribution in [0.25, 0.3) is 12.5 Å². The molecule has 0 saturated heterocycles. The first-order valence-electron chi connectivity index (χ1n) is 6.11. The van der Waals surface area contributed by atoms with Gasteiger partial charge in [-0.1, -0.05) is 0 Å². The minimum Gasteiger partial charge on any atom is -0.497 e. The molecule has 0 N–H and O–H groups in total. The molecule has 2 aromatic rings. The molecular formula is C16H13FO3. The van der Waals surface area contributed by atoms with E-state index in [0.717, 1.165) is 10.4 Å². The van der Waals surface area contributed by atoms with Gasteiger partial charge in [0.05, 0.1) is 26.7 Å². The Kier molecular flexibility index (Phi) is 3.06. The minimum absolute atomic E-state index is 0.346. The van der Waals surface area contributed by atoms with E-state index in [2.05, 4.69) is 0 Å². The molecule has 0 bridgehead atoms. The highest BCUT2D eigenvalue weighted by atomic mass is 19.1. The van der Waals surface area contributed by atoms with Gasteiger partial charge in [-0.05, 0) is 29.5 Å². The smallest absolute Gasteiger partial charge is 0.135 e. The molecule has 0 fully saturated rings. The van der Waals surface area contributed by atoms with Gasteiger partial charge in [0.1, 0.15) is 17.3 Å². The predicted octanol–water partition coefficient (Wildman–Crippen LogP) is 1.64. The quantitative estimate of drug-likeness (QED) is 0.831.